The number of hydrogen-bond acceptors (Lipinski definition) is 6. The Labute approximate surface area is 219 Å². The lowest BCUT2D eigenvalue weighted by molar-refractivity contribution is 0.0664. The molecule has 1 amide bonds. The van der Waals surface area contributed by atoms with Crippen LogP contribution < -0.4 is 14.4 Å². The number of aromatic nitrogens is 1. The van der Waals surface area contributed by atoms with E-state index in [0.29, 0.717) is 6.54 Å². The average molecular weight is 501 g/mol. The number of amides is 1. The van der Waals surface area contributed by atoms with E-state index in [1.54, 1.807) is 13.3 Å². The maximum Gasteiger partial charge on any atom is 0.253 e. The molecule has 0 atom stereocenters. The van der Waals surface area contributed by atoms with Gasteiger partial charge in [-0.3, -0.25) is 9.78 Å². The molecule has 7 heteroatoms. The predicted molar refractivity (Wildman–Crippen MR) is 146 cm³/mol. The van der Waals surface area contributed by atoms with Crippen LogP contribution >= 0.6 is 0 Å². The summed E-state index contributed by atoms with van der Waals surface area (Å²) >= 11 is 0. The summed E-state index contributed by atoms with van der Waals surface area (Å²) in [6.07, 6.45) is 8.48. The van der Waals surface area contributed by atoms with Crippen LogP contribution in [0.5, 0.6) is 11.5 Å². The van der Waals surface area contributed by atoms with Crippen LogP contribution in [0.25, 0.3) is 0 Å². The number of anilines is 2. The molecule has 5 rings (SSSR count). The normalized spacial score (nSPS) is 16.5. The Morgan fingerprint density at radius 3 is 2.38 bits per heavy atom. The molecule has 7 nitrogen and oxygen atoms in total. The highest BCUT2D eigenvalue weighted by atomic mass is 16.5. The summed E-state index contributed by atoms with van der Waals surface area (Å²) < 4.78 is 12.0. The number of piperazine rings is 1. The molecule has 37 heavy (non-hydrogen) atoms. The topological polar surface area (TPSA) is 58.1 Å². The number of rotatable bonds is 8. The Bertz CT molecular complexity index is 1170. The van der Waals surface area contributed by atoms with Gasteiger partial charge >= 0.3 is 0 Å². The highest BCUT2D eigenvalue weighted by molar-refractivity contribution is 5.94. The zero-order valence-electron chi connectivity index (χ0n) is 21.8. The Kier molecular flexibility index (Phi) is 7.90. The first kappa shape index (κ1) is 25.1. The van der Waals surface area contributed by atoms with Crippen molar-refractivity contribution < 1.29 is 14.3 Å². The second kappa shape index (κ2) is 11.6. The van der Waals surface area contributed by atoms with Gasteiger partial charge in [-0.2, -0.15) is 0 Å². The Morgan fingerprint density at radius 2 is 1.70 bits per heavy atom. The van der Waals surface area contributed by atoms with Gasteiger partial charge in [0, 0.05) is 68.1 Å². The first-order valence-corrected chi connectivity index (χ1v) is 13.2. The third-order valence-electron chi connectivity index (χ3n) is 7.33. The van der Waals surface area contributed by atoms with Crippen molar-refractivity contribution in [3.63, 3.8) is 0 Å². The number of likely N-dealkylation sites (N-methyl/N-ethyl adjacent to an activating group) is 1. The number of ether oxygens (including phenoxy) is 2. The molecule has 2 aliphatic rings. The summed E-state index contributed by atoms with van der Waals surface area (Å²) in [7, 11) is 3.77. The van der Waals surface area contributed by atoms with Crippen molar-refractivity contribution in [2.45, 2.75) is 38.3 Å². The third-order valence-corrected chi connectivity index (χ3v) is 7.33. The molecule has 0 radical (unpaired) electrons. The molecule has 2 heterocycles. The summed E-state index contributed by atoms with van der Waals surface area (Å²) in [5.74, 6) is 1.60. The molecule has 194 valence electrons. The minimum Gasteiger partial charge on any atom is -0.493 e. The van der Waals surface area contributed by atoms with Gasteiger partial charge in [0.05, 0.1) is 13.2 Å². The number of pyridine rings is 1. The van der Waals surface area contributed by atoms with Crippen LogP contribution in [-0.2, 0) is 6.54 Å². The quantitative estimate of drug-likeness (QED) is 0.427. The van der Waals surface area contributed by atoms with Gasteiger partial charge in [-0.25, -0.2) is 0 Å². The molecule has 2 aromatic carbocycles. The summed E-state index contributed by atoms with van der Waals surface area (Å²) in [6.45, 7) is 3.98. The van der Waals surface area contributed by atoms with Gasteiger partial charge in [0.1, 0.15) is 0 Å². The highest BCUT2D eigenvalue weighted by Crippen LogP contribution is 2.38. The average Bonchev–Trinajstić information content (AvgIpc) is 3.46. The van der Waals surface area contributed by atoms with Crippen LogP contribution in [0, 0.1) is 0 Å². The molecule has 2 fully saturated rings. The molecule has 1 saturated carbocycles. The number of benzene rings is 2. The maximum absolute atomic E-state index is 13.1. The minimum atomic E-state index is 0.0927. The largest absolute Gasteiger partial charge is 0.493 e. The van der Waals surface area contributed by atoms with E-state index in [4.69, 9.17) is 9.47 Å². The highest BCUT2D eigenvalue weighted by Gasteiger charge is 2.22. The van der Waals surface area contributed by atoms with E-state index in [-0.39, 0.29) is 12.0 Å². The number of methoxy groups -OCH3 is 1. The monoisotopic (exact) mass is 500 g/mol. The summed E-state index contributed by atoms with van der Waals surface area (Å²) in [5.41, 5.74) is 3.80. The van der Waals surface area contributed by atoms with Crippen molar-refractivity contribution >= 4 is 17.3 Å². The van der Waals surface area contributed by atoms with E-state index in [1.807, 2.05) is 47.5 Å². The zero-order valence-corrected chi connectivity index (χ0v) is 21.8. The molecule has 0 spiro atoms. The Balaban J connectivity index is 1.43. The minimum absolute atomic E-state index is 0.0927. The van der Waals surface area contributed by atoms with Gasteiger partial charge in [0.15, 0.2) is 11.5 Å². The molecule has 0 N–H and O–H groups in total. The lowest BCUT2D eigenvalue weighted by Crippen LogP contribution is -2.47. The molecule has 1 aliphatic heterocycles. The van der Waals surface area contributed by atoms with Crippen molar-refractivity contribution in [2.75, 3.05) is 45.2 Å². The van der Waals surface area contributed by atoms with Crippen LogP contribution in [0.1, 0.15) is 41.6 Å². The molecule has 3 aromatic rings. The third kappa shape index (κ3) is 6.05. The SMILES string of the molecule is COc1ccc(N(Cc2cccnc2)c2ccc(C(=O)N3CCN(C)CC3)cc2)cc1OC1CCCC1. The predicted octanol–water partition coefficient (Wildman–Crippen LogP) is 5.14. The number of hydrogen-bond donors (Lipinski definition) is 0. The van der Waals surface area contributed by atoms with E-state index < -0.39 is 0 Å². The van der Waals surface area contributed by atoms with Crippen LogP contribution in [-0.4, -0.2) is 67.1 Å². The standard InChI is InChI=1S/C30H36N4O3/c1-32-16-18-33(19-17-32)30(35)24-9-11-25(12-10-24)34(22-23-6-5-15-31-21-23)26-13-14-28(36-2)29(20-26)37-27-7-3-4-8-27/h5-6,9-15,20-21,27H,3-4,7-8,16-19,22H2,1-2H3. The number of carbonyl (C=O) groups is 1. The Morgan fingerprint density at radius 1 is 0.973 bits per heavy atom. The Hall–Kier alpha value is -3.58. The molecule has 0 unspecified atom stereocenters. The first-order chi connectivity index (χ1) is 18.1. The molecule has 1 saturated heterocycles. The van der Waals surface area contributed by atoms with E-state index >= 15 is 0 Å². The fourth-order valence-electron chi connectivity index (χ4n) is 5.09. The molecule has 1 aromatic heterocycles. The van der Waals surface area contributed by atoms with E-state index in [9.17, 15) is 4.79 Å². The molecule has 0 bridgehead atoms. The molecular formula is C30H36N4O3. The number of carbonyl (C=O) groups excluding carboxylic acids is 1. The zero-order chi connectivity index (χ0) is 25.6. The lowest BCUT2D eigenvalue weighted by atomic mass is 10.1. The van der Waals surface area contributed by atoms with Crippen LogP contribution in [0.4, 0.5) is 11.4 Å². The summed E-state index contributed by atoms with van der Waals surface area (Å²) in [6, 6.07) is 18.1. The van der Waals surface area contributed by atoms with Crippen molar-refractivity contribution in [2.24, 2.45) is 0 Å². The molecular weight excluding hydrogens is 464 g/mol. The van der Waals surface area contributed by atoms with Gasteiger partial charge in [0.2, 0.25) is 0 Å². The van der Waals surface area contributed by atoms with E-state index in [1.165, 1.54) is 12.8 Å². The number of nitrogens with zero attached hydrogens (tertiary/aromatic N) is 4. The van der Waals surface area contributed by atoms with E-state index in [2.05, 4.69) is 40.0 Å². The van der Waals surface area contributed by atoms with E-state index in [0.717, 1.165) is 73.0 Å². The van der Waals surface area contributed by atoms with Gasteiger partial charge in [0.25, 0.3) is 5.91 Å². The van der Waals surface area contributed by atoms with Gasteiger partial charge in [-0.05, 0) is 80.8 Å². The van der Waals surface area contributed by atoms with Gasteiger partial charge in [-0.15, -0.1) is 0 Å². The van der Waals surface area contributed by atoms with Crippen molar-refractivity contribution in [1.29, 1.82) is 0 Å². The van der Waals surface area contributed by atoms with Gasteiger partial charge in [-0.1, -0.05) is 6.07 Å². The van der Waals surface area contributed by atoms with Crippen LogP contribution in [0.15, 0.2) is 67.0 Å². The van der Waals surface area contributed by atoms with Crippen LogP contribution in [0.3, 0.4) is 0 Å². The van der Waals surface area contributed by atoms with Gasteiger partial charge < -0.3 is 24.2 Å². The van der Waals surface area contributed by atoms with Crippen molar-refractivity contribution in [3.8, 4) is 11.5 Å². The lowest BCUT2D eigenvalue weighted by Gasteiger charge is -2.32. The smallest absolute Gasteiger partial charge is 0.253 e. The molecule has 1 aliphatic carbocycles. The van der Waals surface area contributed by atoms with Crippen molar-refractivity contribution in [3.05, 3.63) is 78.1 Å². The van der Waals surface area contributed by atoms with Crippen LogP contribution in [0.2, 0.25) is 0 Å². The fraction of sp³-hybridized carbons (Fsp3) is 0.400. The van der Waals surface area contributed by atoms with Crippen molar-refractivity contribution in [1.82, 2.24) is 14.8 Å². The fourth-order valence-corrected chi connectivity index (χ4v) is 5.09. The second-order valence-corrected chi connectivity index (χ2v) is 9.95. The summed E-state index contributed by atoms with van der Waals surface area (Å²) in [5, 5.41) is 0. The second-order valence-electron chi connectivity index (χ2n) is 9.95. The maximum atomic E-state index is 13.1. The summed E-state index contributed by atoms with van der Waals surface area (Å²) in [4.78, 5) is 23.8. The first-order valence-electron chi connectivity index (χ1n) is 13.2.